The van der Waals surface area contributed by atoms with Crippen molar-refractivity contribution in [2.24, 2.45) is 17.6 Å². The third-order valence-corrected chi connectivity index (χ3v) is 4.79. The van der Waals surface area contributed by atoms with E-state index in [1.165, 1.54) is 0 Å². The lowest BCUT2D eigenvalue weighted by Crippen LogP contribution is -2.42. The quantitative estimate of drug-likeness (QED) is 0.796. The molecule has 1 aliphatic heterocycles. The molecular formula is C14H27N3O. The molecule has 4 nitrogen and oxygen atoms in total. The zero-order chi connectivity index (χ0) is 13.3. The summed E-state index contributed by atoms with van der Waals surface area (Å²) in [5.41, 5.74) is 6.02. The Balaban J connectivity index is 1.89. The Hall–Kier alpha value is -0.610. The maximum Gasteiger partial charge on any atom is 0.225 e. The van der Waals surface area contributed by atoms with Crippen molar-refractivity contribution in [3.8, 4) is 0 Å². The summed E-state index contributed by atoms with van der Waals surface area (Å²) in [6, 6.07) is 0.833. The van der Waals surface area contributed by atoms with E-state index in [1.807, 2.05) is 0 Å². The number of rotatable bonds is 2. The van der Waals surface area contributed by atoms with E-state index in [0.29, 0.717) is 23.9 Å². The summed E-state index contributed by atoms with van der Waals surface area (Å²) in [6.45, 7) is 4.01. The molecule has 0 aromatic heterocycles. The van der Waals surface area contributed by atoms with Gasteiger partial charge >= 0.3 is 0 Å². The average molecular weight is 253 g/mol. The van der Waals surface area contributed by atoms with Crippen LogP contribution in [0.1, 0.15) is 32.6 Å². The maximum atomic E-state index is 12.5. The number of likely N-dealkylation sites (N-methyl/N-ethyl adjacent to an activating group) is 1. The first kappa shape index (κ1) is 13.8. The van der Waals surface area contributed by atoms with Gasteiger partial charge in [-0.15, -0.1) is 0 Å². The molecule has 1 saturated carbocycles. The van der Waals surface area contributed by atoms with Crippen LogP contribution in [0.5, 0.6) is 0 Å². The van der Waals surface area contributed by atoms with Crippen LogP contribution in [0.15, 0.2) is 0 Å². The molecule has 18 heavy (non-hydrogen) atoms. The van der Waals surface area contributed by atoms with E-state index < -0.39 is 0 Å². The molecule has 2 fully saturated rings. The van der Waals surface area contributed by atoms with E-state index in [9.17, 15) is 4.79 Å². The second kappa shape index (κ2) is 5.57. The van der Waals surface area contributed by atoms with Crippen LogP contribution in [-0.2, 0) is 4.79 Å². The van der Waals surface area contributed by atoms with Crippen LogP contribution in [0.2, 0.25) is 0 Å². The summed E-state index contributed by atoms with van der Waals surface area (Å²) in [6.07, 6.45) is 4.07. The van der Waals surface area contributed by atoms with Crippen LogP contribution in [0.25, 0.3) is 0 Å². The second-order valence-corrected chi connectivity index (χ2v) is 6.34. The first-order chi connectivity index (χ1) is 8.49. The highest BCUT2D eigenvalue weighted by Crippen LogP contribution is 2.30. The Morgan fingerprint density at radius 1 is 1.28 bits per heavy atom. The summed E-state index contributed by atoms with van der Waals surface area (Å²) in [4.78, 5) is 16.8. The first-order valence-corrected chi connectivity index (χ1v) is 7.19. The Labute approximate surface area is 110 Å². The number of amides is 1. The molecule has 104 valence electrons. The first-order valence-electron chi connectivity index (χ1n) is 7.19. The van der Waals surface area contributed by atoms with Gasteiger partial charge in [0.25, 0.3) is 0 Å². The molecule has 4 unspecified atom stereocenters. The summed E-state index contributed by atoms with van der Waals surface area (Å²) in [5.74, 6) is 1.08. The number of hydrogen-bond acceptors (Lipinski definition) is 3. The van der Waals surface area contributed by atoms with Crippen molar-refractivity contribution in [2.75, 3.05) is 27.2 Å². The topological polar surface area (TPSA) is 49.6 Å². The van der Waals surface area contributed by atoms with Gasteiger partial charge in [-0.1, -0.05) is 6.92 Å². The molecule has 1 heterocycles. The van der Waals surface area contributed by atoms with Crippen LogP contribution in [0.4, 0.5) is 0 Å². The lowest BCUT2D eigenvalue weighted by atomic mass is 9.79. The van der Waals surface area contributed by atoms with E-state index >= 15 is 0 Å². The van der Waals surface area contributed by atoms with Crippen LogP contribution in [0, 0.1) is 11.8 Å². The molecule has 0 bridgehead atoms. The van der Waals surface area contributed by atoms with Gasteiger partial charge in [-0.05, 0) is 45.7 Å². The number of carbonyl (C=O) groups is 1. The monoisotopic (exact) mass is 253 g/mol. The smallest absolute Gasteiger partial charge is 0.225 e. The minimum Gasteiger partial charge on any atom is -0.341 e. The Morgan fingerprint density at radius 3 is 2.56 bits per heavy atom. The van der Waals surface area contributed by atoms with Crippen LogP contribution < -0.4 is 5.73 Å². The fraction of sp³-hybridized carbons (Fsp3) is 0.929. The number of nitrogens with two attached hydrogens (primary N) is 1. The lowest BCUT2D eigenvalue weighted by Gasteiger charge is -2.33. The number of hydrogen-bond donors (Lipinski definition) is 1. The standard InChI is InChI=1S/C14H27N3O/c1-10-8-11(4-5-13(10)15)14(18)17-7-6-12(9-17)16(2)3/h10-13H,4-9,15H2,1-3H3. The highest BCUT2D eigenvalue weighted by atomic mass is 16.2. The Kier molecular flexibility index (Phi) is 4.28. The molecule has 1 saturated heterocycles. The molecule has 2 N–H and O–H groups in total. The van der Waals surface area contributed by atoms with Gasteiger partial charge in [-0.2, -0.15) is 0 Å². The van der Waals surface area contributed by atoms with Gasteiger partial charge in [0.2, 0.25) is 5.91 Å². The minimum absolute atomic E-state index is 0.223. The average Bonchev–Trinajstić information content (AvgIpc) is 2.81. The summed E-state index contributed by atoms with van der Waals surface area (Å²) >= 11 is 0. The van der Waals surface area contributed by atoms with Gasteiger partial charge < -0.3 is 15.5 Å². The highest BCUT2D eigenvalue weighted by Gasteiger charge is 2.35. The van der Waals surface area contributed by atoms with Gasteiger partial charge in [0, 0.05) is 31.1 Å². The molecule has 1 aliphatic carbocycles. The van der Waals surface area contributed by atoms with Crippen molar-refractivity contribution >= 4 is 5.91 Å². The molecule has 4 atom stereocenters. The zero-order valence-electron chi connectivity index (χ0n) is 11.9. The highest BCUT2D eigenvalue weighted by molar-refractivity contribution is 5.79. The van der Waals surface area contributed by atoms with Gasteiger partial charge in [-0.3, -0.25) is 4.79 Å². The van der Waals surface area contributed by atoms with Crippen molar-refractivity contribution in [1.29, 1.82) is 0 Å². The van der Waals surface area contributed by atoms with E-state index in [1.54, 1.807) is 0 Å². The Bertz CT molecular complexity index is 305. The van der Waals surface area contributed by atoms with Gasteiger partial charge in [0.1, 0.15) is 0 Å². The van der Waals surface area contributed by atoms with Crippen molar-refractivity contribution in [3.05, 3.63) is 0 Å². The van der Waals surface area contributed by atoms with Crippen LogP contribution in [-0.4, -0.2) is 55.0 Å². The number of likely N-dealkylation sites (tertiary alicyclic amines) is 1. The van der Waals surface area contributed by atoms with Crippen molar-refractivity contribution in [3.63, 3.8) is 0 Å². The van der Waals surface area contributed by atoms with Crippen molar-refractivity contribution in [2.45, 2.75) is 44.7 Å². The minimum atomic E-state index is 0.223. The fourth-order valence-corrected chi connectivity index (χ4v) is 3.27. The summed E-state index contributed by atoms with van der Waals surface area (Å²) in [5, 5.41) is 0. The molecule has 0 radical (unpaired) electrons. The summed E-state index contributed by atoms with van der Waals surface area (Å²) in [7, 11) is 4.20. The largest absolute Gasteiger partial charge is 0.341 e. The van der Waals surface area contributed by atoms with Crippen LogP contribution in [0.3, 0.4) is 0 Å². The molecule has 0 aromatic rings. The van der Waals surface area contributed by atoms with E-state index in [2.05, 4.69) is 30.8 Å². The number of nitrogens with zero attached hydrogens (tertiary/aromatic N) is 2. The van der Waals surface area contributed by atoms with Crippen molar-refractivity contribution in [1.82, 2.24) is 9.80 Å². The summed E-state index contributed by atoms with van der Waals surface area (Å²) < 4.78 is 0. The third-order valence-electron chi connectivity index (χ3n) is 4.79. The molecule has 4 heteroatoms. The van der Waals surface area contributed by atoms with Gasteiger partial charge in [0.05, 0.1) is 0 Å². The fourth-order valence-electron chi connectivity index (χ4n) is 3.27. The SMILES string of the molecule is CC1CC(C(=O)N2CCC(N(C)C)C2)CCC1N. The molecular weight excluding hydrogens is 226 g/mol. The predicted molar refractivity (Wildman–Crippen MR) is 73.2 cm³/mol. The number of carbonyl (C=O) groups excluding carboxylic acids is 1. The molecule has 0 aromatic carbocycles. The lowest BCUT2D eigenvalue weighted by molar-refractivity contribution is -0.136. The molecule has 1 amide bonds. The van der Waals surface area contributed by atoms with E-state index in [-0.39, 0.29) is 5.92 Å². The van der Waals surface area contributed by atoms with Crippen LogP contribution >= 0.6 is 0 Å². The predicted octanol–water partition coefficient (Wildman–Crippen LogP) is 0.912. The maximum absolute atomic E-state index is 12.5. The zero-order valence-corrected chi connectivity index (χ0v) is 11.9. The molecule has 0 spiro atoms. The second-order valence-electron chi connectivity index (χ2n) is 6.34. The normalized spacial score (nSPS) is 37.3. The van der Waals surface area contributed by atoms with Gasteiger partial charge in [-0.25, -0.2) is 0 Å². The Morgan fingerprint density at radius 2 is 2.00 bits per heavy atom. The van der Waals surface area contributed by atoms with E-state index in [0.717, 1.165) is 38.8 Å². The van der Waals surface area contributed by atoms with E-state index in [4.69, 9.17) is 5.73 Å². The third kappa shape index (κ3) is 2.86. The van der Waals surface area contributed by atoms with Gasteiger partial charge in [0.15, 0.2) is 0 Å². The molecule has 2 aliphatic rings. The van der Waals surface area contributed by atoms with Crippen molar-refractivity contribution < 1.29 is 4.79 Å². The molecule has 2 rings (SSSR count).